The van der Waals surface area contributed by atoms with E-state index in [9.17, 15) is 5.11 Å². The number of aliphatic hydroxyl groups is 1. The van der Waals surface area contributed by atoms with Gasteiger partial charge in [0.15, 0.2) is 17.3 Å². The molecule has 0 radical (unpaired) electrons. The van der Waals surface area contributed by atoms with Crippen LogP contribution in [0.3, 0.4) is 0 Å². The summed E-state index contributed by atoms with van der Waals surface area (Å²) < 4.78 is 41.7. The van der Waals surface area contributed by atoms with Crippen molar-refractivity contribution in [2.24, 2.45) is 11.3 Å². The molecule has 0 unspecified atom stereocenters. The van der Waals surface area contributed by atoms with E-state index < -0.39 is 17.3 Å². The monoisotopic (exact) mass is 556 g/mol. The van der Waals surface area contributed by atoms with Crippen LogP contribution in [0, 0.1) is 11.3 Å². The van der Waals surface area contributed by atoms with E-state index in [0.717, 1.165) is 16.9 Å². The SMILES string of the molecule is C=C[C@@H]1O[C@@]2(C[C@H](O)[C@@H](C)[C@@H](CCOCc3ccc(OC)c(OC)c3)O2)C(C)(C)[C@@H]1OCc1ccc(OC)cc1. The third-order valence-corrected chi connectivity index (χ3v) is 8.42. The molecule has 2 heterocycles. The van der Waals surface area contributed by atoms with Crippen molar-refractivity contribution >= 4 is 0 Å². The summed E-state index contributed by atoms with van der Waals surface area (Å²) in [6.45, 7) is 11.5. The van der Waals surface area contributed by atoms with Gasteiger partial charge in [0.1, 0.15) is 11.9 Å². The summed E-state index contributed by atoms with van der Waals surface area (Å²) in [7, 11) is 4.88. The van der Waals surface area contributed by atoms with Gasteiger partial charge < -0.3 is 38.3 Å². The van der Waals surface area contributed by atoms with Gasteiger partial charge >= 0.3 is 0 Å². The van der Waals surface area contributed by atoms with Crippen LogP contribution in [-0.2, 0) is 32.2 Å². The normalized spacial score (nSPS) is 29.3. The van der Waals surface area contributed by atoms with Crippen LogP contribution in [0.2, 0.25) is 0 Å². The predicted octanol–water partition coefficient (Wildman–Crippen LogP) is 5.30. The van der Waals surface area contributed by atoms with Crippen LogP contribution >= 0.6 is 0 Å². The maximum absolute atomic E-state index is 11.1. The Balaban J connectivity index is 1.40. The van der Waals surface area contributed by atoms with Crippen LogP contribution in [0.1, 0.15) is 44.7 Å². The fourth-order valence-electron chi connectivity index (χ4n) is 5.73. The Hall–Kier alpha value is -2.62. The average Bonchev–Trinajstić information content (AvgIpc) is 3.16. The van der Waals surface area contributed by atoms with Gasteiger partial charge in [0.25, 0.3) is 0 Å². The van der Waals surface area contributed by atoms with E-state index >= 15 is 0 Å². The van der Waals surface area contributed by atoms with Gasteiger partial charge in [-0.3, -0.25) is 0 Å². The van der Waals surface area contributed by atoms with E-state index in [0.29, 0.717) is 44.2 Å². The molecular weight excluding hydrogens is 512 g/mol. The zero-order valence-corrected chi connectivity index (χ0v) is 24.6. The van der Waals surface area contributed by atoms with Crippen LogP contribution in [0.5, 0.6) is 17.2 Å². The summed E-state index contributed by atoms with van der Waals surface area (Å²) in [5.74, 6) is 1.05. The smallest absolute Gasteiger partial charge is 0.179 e. The van der Waals surface area contributed by atoms with Gasteiger partial charge in [0.05, 0.1) is 52.9 Å². The molecule has 0 saturated carbocycles. The van der Waals surface area contributed by atoms with Crippen molar-refractivity contribution in [3.63, 3.8) is 0 Å². The van der Waals surface area contributed by atoms with Gasteiger partial charge in [0.2, 0.25) is 0 Å². The lowest BCUT2D eigenvalue weighted by molar-refractivity contribution is -0.330. The average molecular weight is 557 g/mol. The number of aliphatic hydroxyl groups excluding tert-OH is 1. The van der Waals surface area contributed by atoms with Gasteiger partial charge in [-0.15, -0.1) is 6.58 Å². The van der Waals surface area contributed by atoms with Crippen molar-refractivity contribution in [2.45, 2.75) is 77.0 Å². The molecule has 2 fully saturated rings. The first-order chi connectivity index (χ1) is 19.2. The minimum absolute atomic E-state index is 0.0730. The van der Waals surface area contributed by atoms with Gasteiger partial charge in [-0.05, 0) is 41.8 Å². The van der Waals surface area contributed by atoms with E-state index in [1.54, 1.807) is 27.4 Å². The van der Waals surface area contributed by atoms with E-state index in [4.69, 9.17) is 33.2 Å². The number of hydrogen-bond donors (Lipinski definition) is 1. The molecule has 1 N–H and O–H groups in total. The van der Waals surface area contributed by atoms with E-state index in [2.05, 4.69) is 20.4 Å². The zero-order chi connectivity index (χ0) is 28.9. The third kappa shape index (κ3) is 6.16. The Morgan fingerprint density at radius 2 is 1.65 bits per heavy atom. The summed E-state index contributed by atoms with van der Waals surface area (Å²) >= 11 is 0. The predicted molar refractivity (Wildman–Crippen MR) is 152 cm³/mol. The standard InChI is InChI=1S/C32H44O8/c1-8-26-30(38-20-22-9-12-24(34-5)13-10-22)31(3,4)32(39-26)18-25(33)21(2)27(40-32)15-16-37-19-23-11-14-28(35-6)29(17-23)36-7/h8-14,17,21,25-27,30,33H,1,15-16,18-20H2,2-7H3/t21-,25+,26+,27-,30-,32-/m1/s1. The lowest BCUT2D eigenvalue weighted by atomic mass is 9.73. The Bertz CT molecular complexity index is 1120. The molecule has 0 aliphatic carbocycles. The molecule has 8 heteroatoms. The van der Waals surface area contributed by atoms with E-state index in [1.165, 1.54) is 0 Å². The summed E-state index contributed by atoms with van der Waals surface area (Å²) in [5.41, 5.74) is 1.46. The van der Waals surface area contributed by atoms with Gasteiger partial charge in [-0.2, -0.15) is 0 Å². The van der Waals surface area contributed by atoms with Crippen molar-refractivity contribution in [1.82, 2.24) is 0 Å². The molecule has 2 aliphatic rings. The first-order valence-corrected chi connectivity index (χ1v) is 13.9. The molecule has 2 aliphatic heterocycles. The maximum Gasteiger partial charge on any atom is 0.179 e. The Morgan fingerprint density at radius 3 is 2.30 bits per heavy atom. The second-order valence-electron chi connectivity index (χ2n) is 11.2. The van der Waals surface area contributed by atoms with Crippen LogP contribution < -0.4 is 14.2 Å². The molecule has 2 saturated heterocycles. The van der Waals surface area contributed by atoms with Crippen molar-refractivity contribution < 1.29 is 38.3 Å². The van der Waals surface area contributed by atoms with Gasteiger partial charge in [0, 0.05) is 24.4 Å². The Labute approximate surface area is 238 Å². The number of ether oxygens (including phenoxy) is 7. The largest absolute Gasteiger partial charge is 0.497 e. The number of hydrogen-bond acceptors (Lipinski definition) is 8. The summed E-state index contributed by atoms with van der Waals surface area (Å²) in [5, 5.41) is 11.1. The molecule has 1 spiro atoms. The first kappa shape index (κ1) is 30.3. The highest BCUT2D eigenvalue weighted by Crippen LogP contribution is 2.55. The minimum atomic E-state index is -1.02. The van der Waals surface area contributed by atoms with Crippen LogP contribution in [-0.4, -0.2) is 63.2 Å². The summed E-state index contributed by atoms with van der Waals surface area (Å²) in [4.78, 5) is 0. The van der Waals surface area contributed by atoms with Crippen LogP contribution in [0.25, 0.3) is 0 Å². The lowest BCUT2D eigenvalue weighted by Gasteiger charge is -2.50. The lowest BCUT2D eigenvalue weighted by Crippen LogP contribution is -2.58. The fourth-order valence-corrected chi connectivity index (χ4v) is 5.73. The molecule has 0 aromatic heterocycles. The van der Waals surface area contributed by atoms with Crippen molar-refractivity contribution in [3.05, 3.63) is 66.2 Å². The first-order valence-electron chi connectivity index (χ1n) is 13.9. The molecule has 2 aromatic carbocycles. The summed E-state index contributed by atoms with van der Waals surface area (Å²) in [6, 6.07) is 13.5. The number of methoxy groups -OCH3 is 3. The highest BCUT2D eigenvalue weighted by atomic mass is 16.7. The molecular formula is C32H44O8. The van der Waals surface area contributed by atoms with Gasteiger partial charge in [-0.1, -0.05) is 45.0 Å². The van der Waals surface area contributed by atoms with E-state index in [-0.39, 0.29) is 24.2 Å². The highest BCUT2D eigenvalue weighted by molar-refractivity contribution is 5.42. The second kappa shape index (κ2) is 12.9. The number of benzene rings is 2. The minimum Gasteiger partial charge on any atom is -0.497 e. The molecule has 4 rings (SSSR count). The van der Waals surface area contributed by atoms with Crippen LogP contribution in [0.15, 0.2) is 55.1 Å². The van der Waals surface area contributed by atoms with Crippen molar-refractivity contribution in [3.8, 4) is 17.2 Å². The second-order valence-corrected chi connectivity index (χ2v) is 11.2. The van der Waals surface area contributed by atoms with Gasteiger partial charge in [-0.25, -0.2) is 0 Å². The van der Waals surface area contributed by atoms with Crippen molar-refractivity contribution in [1.29, 1.82) is 0 Å². The maximum atomic E-state index is 11.1. The van der Waals surface area contributed by atoms with Crippen molar-refractivity contribution in [2.75, 3.05) is 27.9 Å². The molecule has 8 nitrogen and oxygen atoms in total. The topological polar surface area (TPSA) is 84.8 Å². The Morgan fingerprint density at radius 1 is 0.950 bits per heavy atom. The molecule has 2 aromatic rings. The molecule has 220 valence electrons. The number of rotatable bonds is 12. The molecule has 0 amide bonds. The molecule has 0 bridgehead atoms. The fraction of sp³-hybridized carbons (Fsp3) is 0.562. The summed E-state index contributed by atoms with van der Waals surface area (Å²) in [6.07, 6.45) is 1.21. The Kier molecular flexibility index (Phi) is 9.80. The molecule has 40 heavy (non-hydrogen) atoms. The quantitative estimate of drug-likeness (QED) is 0.279. The third-order valence-electron chi connectivity index (χ3n) is 8.42. The molecule has 6 atom stereocenters. The van der Waals surface area contributed by atoms with E-state index in [1.807, 2.05) is 49.4 Å². The highest BCUT2D eigenvalue weighted by Gasteiger charge is 2.65. The van der Waals surface area contributed by atoms with Crippen LogP contribution in [0.4, 0.5) is 0 Å². The zero-order valence-electron chi connectivity index (χ0n) is 24.6.